The fourth-order valence-corrected chi connectivity index (χ4v) is 3.46. The second-order valence-corrected chi connectivity index (χ2v) is 6.84. The van der Waals surface area contributed by atoms with Crippen LogP contribution in [0.25, 0.3) is 16.9 Å². The average Bonchev–Trinajstić information content (AvgIpc) is 2.96. The minimum Gasteiger partial charge on any atom is -0.299 e. The SMILES string of the molecule is Cc1cccc(-c2nc(CN3CCC(F)(F)CC3)c3ccccn23)c1. The van der Waals surface area contributed by atoms with Gasteiger partial charge < -0.3 is 0 Å². The molecule has 0 aliphatic carbocycles. The molecule has 0 spiro atoms. The van der Waals surface area contributed by atoms with Gasteiger partial charge >= 0.3 is 0 Å². The van der Waals surface area contributed by atoms with Crippen molar-refractivity contribution in [3.05, 3.63) is 59.9 Å². The fourth-order valence-electron chi connectivity index (χ4n) is 3.46. The minimum atomic E-state index is -2.51. The number of piperidine rings is 1. The number of hydrogen-bond donors (Lipinski definition) is 0. The minimum absolute atomic E-state index is 0.0660. The van der Waals surface area contributed by atoms with E-state index in [1.165, 1.54) is 5.56 Å². The zero-order chi connectivity index (χ0) is 17.4. The molecule has 3 nitrogen and oxygen atoms in total. The Kier molecular flexibility index (Phi) is 4.04. The summed E-state index contributed by atoms with van der Waals surface area (Å²) in [6, 6.07) is 14.3. The predicted octanol–water partition coefficient (Wildman–Crippen LogP) is 4.54. The van der Waals surface area contributed by atoms with Gasteiger partial charge in [0.15, 0.2) is 0 Å². The molecular weight excluding hydrogens is 320 g/mol. The van der Waals surface area contributed by atoms with E-state index in [9.17, 15) is 8.78 Å². The summed E-state index contributed by atoms with van der Waals surface area (Å²) in [6.45, 7) is 3.50. The molecule has 1 fully saturated rings. The van der Waals surface area contributed by atoms with Gasteiger partial charge in [-0.1, -0.05) is 29.8 Å². The van der Waals surface area contributed by atoms with E-state index in [-0.39, 0.29) is 12.8 Å². The predicted molar refractivity (Wildman–Crippen MR) is 94.8 cm³/mol. The van der Waals surface area contributed by atoms with Crippen LogP contribution in [0.15, 0.2) is 48.7 Å². The van der Waals surface area contributed by atoms with Gasteiger partial charge in [0.2, 0.25) is 0 Å². The highest BCUT2D eigenvalue weighted by Crippen LogP contribution is 2.30. The Labute approximate surface area is 145 Å². The Morgan fingerprint density at radius 3 is 2.64 bits per heavy atom. The van der Waals surface area contributed by atoms with Gasteiger partial charge in [-0.05, 0) is 25.1 Å². The number of aryl methyl sites for hydroxylation is 1. The van der Waals surface area contributed by atoms with Crippen LogP contribution in [0.5, 0.6) is 0 Å². The van der Waals surface area contributed by atoms with Gasteiger partial charge in [-0.3, -0.25) is 9.30 Å². The topological polar surface area (TPSA) is 20.5 Å². The highest BCUT2D eigenvalue weighted by molar-refractivity contribution is 5.66. The number of benzene rings is 1. The molecule has 1 aliphatic heterocycles. The second kappa shape index (κ2) is 6.23. The first-order chi connectivity index (χ1) is 12.0. The molecule has 3 heterocycles. The number of rotatable bonds is 3. The van der Waals surface area contributed by atoms with Crippen molar-refractivity contribution in [2.45, 2.75) is 32.2 Å². The standard InChI is InChI=1S/C20H21F2N3/c1-15-5-4-6-16(13-15)19-23-17(18-7-2-3-10-25(18)19)14-24-11-8-20(21,22)9-12-24/h2-7,10,13H,8-9,11-12,14H2,1H3. The van der Waals surface area contributed by atoms with Crippen molar-refractivity contribution in [1.29, 1.82) is 0 Å². The Morgan fingerprint density at radius 1 is 1.08 bits per heavy atom. The molecule has 130 valence electrons. The van der Waals surface area contributed by atoms with E-state index in [2.05, 4.69) is 34.4 Å². The van der Waals surface area contributed by atoms with E-state index < -0.39 is 5.92 Å². The van der Waals surface area contributed by atoms with E-state index in [4.69, 9.17) is 4.98 Å². The van der Waals surface area contributed by atoms with Crippen LogP contribution in [0.1, 0.15) is 24.1 Å². The highest BCUT2D eigenvalue weighted by Gasteiger charge is 2.34. The summed E-state index contributed by atoms with van der Waals surface area (Å²) in [6.07, 6.45) is 1.88. The summed E-state index contributed by atoms with van der Waals surface area (Å²) in [5.74, 6) is -1.61. The number of aromatic nitrogens is 2. The van der Waals surface area contributed by atoms with Crippen LogP contribution in [0, 0.1) is 6.92 Å². The molecule has 4 rings (SSSR count). The third-order valence-electron chi connectivity index (χ3n) is 4.86. The summed E-state index contributed by atoms with van der Waals surface area (Å²) < 4.78 is 28.9. The molecule has 1 aliphatic rings. The van der Waals surface area contributed by atoms with Gasteiger partial charge in [0.1, 0.15) is 5.82 Å². The van der Waals surface area contributed by atoms with Gasteiger partial charge in [-0.15, -0.1) is 0 Å². The lowest BCUT2D eigenvalue weighted by atomic mass is 10.1. The van der Waals surface area contributed by atoms with Crippen molar-refractivity contribution < 1.29 is 8.78 Å². The van der Waals surface area contributed by atoms with Crippen LogP contribution in [0.2, 0.25) is 0 Å². The third kappa shape index (κ3) is 3.29. The Balaban J connectivity index is 1.68. The number of pyridine rings is 1. The van der Waals surface area contributed by atoms with Crippen LogP contribution in [0.3, 0.4) is 0 Å². The molecule has 1 saturated heterocycles. The number of fused-ring (bicyclic) bond motifs is 1. The van der Waals surface area contributed by atoms with Gasteiger partial charge in [0, 0.05) is 44.2 Å². The highest BCUT2D eigenvalue weighted by atomic mass is 19.3. The quantitative estimate of drug-likeness (QED) is 0.697. The van der Waals surface area contributed by atoms with Crippen molar-refractivity contribution in [3.8, 4) is 11.4 Å². The maximum atomic E-state index is 13.4. The average molecular weight is 341 g/mol. The number of nitrogens with zero attached hydrogens (tertiary/aromatic N) is 3. The number of imidazole rings is 1. The van der Waals surface area contributed by atoms with Gasteiger partial charge in [0.05, 0.1) is 11.2 Å². The maximum absolute atomic E-state index is 13.4. The summed E-state index contributed by atoms with van der Waals surface area (Å²) in [4.78, 5) is 6.94. The van der Waals surface area contributed by atoms with Crippen LogP contribution in [-0.2, 0) is 6.54 Å². The number of halogens is 2. The monoisotopic (exact) mass is 341 g/mol. The first kappa shape index (κ1) is 16.2. The van der Waals surface area contributed by atoms with Gasteiger partial charge in [-0.25, -0.2) is 13.8 Å². The van der Waals surface area contributed by atoms with Crippen molar-refractivity contribution in [2.24, 2.45) is 0 Å². The van der Waals surface area contributed by atoms with Crippen molar-refractivity contribution in [3.63, 3.8) is 0 Å². The number of hydrogen-bond acceptors (Lipinski definition) is 2. The Hall–Kier alpha value is -2.27. The molecule has 25 heavy (non-hydrogen) atoms. The molecule has 2 aromatic heterocycles. The molecule has 0 N–H and O–H groups in total. The molecule has 0 saturated carbocycles. The van der Waals surface area contributed by atoms with Crippen LogP contribution in [0.4, 0.5) is 8.78 Å². The van der Waals surface area contributed by atoms with E-state index in [0.717, 1.165) is 22.6 Å². The third-order valence-corrected chi connectivity index (χ3v) is 4.86. The zero-order valence-corrected chi connectivity index (χ0v) is 14.3. The van der Waals surface area contributed by atoms with Crippen LogP contribution >= 0.6 is 0 Å². The van der Waals surface area contributed by atoms with E-state index in [1.807, 2.05) is 30.5 Å². The lowest BCUT2D eigenvalue weighted by Gasteiger charge is -2.31. The molecular formula is C20H21F2N3. The molecule has 0 bridgehead atoms. The van der Waals surface area contributed by atoms with Crippen LogP contribution in [-0.4, -0.2) is 33.3 Å². The lowest BCUT2D eigenvalue weighted by molar-refractivity contribution is -0.0567. The second-order valence-electron chi connectivity index (χ2n) is 6.84. The van der Waals surface area contributed by atoms with Crippen molar-refractivity contribution in [2.75, 3.05) is 13.1 Å². The largest absolute Gasteiger partial charge is 0.299 e. The van der Waals surface area contributed by atoms with Crippen LogP contribution < -0.4 is 0 Å². The van der Waals surface area contributed by atoms with E-state index >= 15 is 0 Å². The zero-order valence-electron chi connectivity index (χ0n) is 14.3. The van der Waals surface area contributed by atoms with Crippen molar-refractivity contribution >= 4 is 5.52 Å². The Bertz CT molecular complexity index is 891. The molecule has 5 heteroatoms. The number of likely N-dealkylation sites (tertiary alicyclic amines) is 1. The maximum Gasteiger partial charge on any atom is 0.250 e. The summed E-state index contributed by atoms with van der Waals surface area (Å²) in [5, 5.41) is 0. The lowest BCUT2D eigenvalue weighted by Crippen LogP contribution is -2.38. The first-order valence-corrected chi connectivity index (χ1v) is 8.65. The molecule has 3 aromatic rings. The Morgan fingerprint density at radius 2 is 1.88 bits per heavy atom. The summed E-state index contributed by atoms with van der Waals surface area (Å²) >= 11 is 0. The molecule has 0 atom stereocenters. The molecule has 0 radical (unpaired) electrons. The smallest absolute Gasteiger partial charge is 0.250 e. The molecule has 1 aromatic carbocycles. The first-order valence-electron chi connectivity index (χ1n) is 8.65. The van der Waals surface area contributed by atoms with Gasteiger partial charge in [-0.2, -0.15) is 0 Å². The number of alkyl halides is 2. The summed E-state index contributed by atoms with van der Waals surface area (Å²) in [7, 11) is 0. The normalized spacial score (nSPS) is 17.9. The van der Waals surface area contributed by atoms with E-state index in [0.29, 0.717) is 19.6 Å². The van der Waals surface area contributed by atoms with Gasteiger partial charge in [0.25, 0.3) is 5.92 Å². The molecule has 0 amide bonds. The van der Waals surface area contributed by atoms with Crippen molar-refractivity contribution in [1.82, 2.24) is 14.3 Å². The summed E-state index contributed by atoms with van der Waals surface area (Å²) in [5.41, 5.74) is 4.24. The van der Waals surface area contributed by atoms with E-state index in [1.54, 1.807) is 0 Å². The molecule has 0 unspecified atom stereocenters. The fraction of sp³-hybridized carbons (Fsp3) is 0.350.